The lowest BCUT2D eigenvalue weighted by molar-refractivity contribution is -0.134. The molecule has 20 heavy (non-hydrogen) atoms. The lowest BCUT2D eigenvalue weighted by atomic mass is 9.99. The Morgan fingerprint density at radius 1 is 1.45 bits per heavy atom. The first kappa shape index (κ1) is 14.8. The molecular formula is C13H17N3O3S. The quantitative estimate of drug-likeness (QED) is 0.471. The number of aliphatic carboxylic acids is 1. The van der Waals surface area contributed by atoms with E-state index < -0.39 is 5.97 Å². The number of ketones is 1. The van der Waals surface area contributed by atoms with Crippen LogP contribution in [0.15, 0.2) is 11.4 Å². The van der Waals surface area contributed by atoms with E-state index in [9.17, 15) is 9.59 Å². The highest BCUT2D eigenvalue weighted by atomic mass is 32.2. The summed E-state index contributed by atoms with van der Waals surface area (Å²) < 4.78 is 0. The number of carbonyl (C=O) groups excluding carboxylic acids is 1. The van der Waals surface area contributed by atoms with Crippen LogP contribution in [0.4, 0.5) is 5.69 Å². The predicted molar refractivity (Wildman–Crippen MR) is 76.2 cm³/mol. The van der Waals surface area contributed by atoms with Gasteiger partial charge in [-0.05, 0) is 19.1 Å². The summed E-state index contributed by atoms with van der Waals surface area (Å²) in [4.78, 5) is 31.5. The second-order valence-corrected chi connectivity index (χ2v) is 5.49. The number of thioether (sulfide) groups is 1. The summed E-state index contributed by atoms with van der Waals surface area (Å²) in [7, 11) is 0. The van der Waals surface area contributed by atoms with E-state index in [0.29, 0.717) is 16.5 Å². The van der Waals surface area contributed by atoms with E-state index in [0.717, 1.165) is 25.7 Å². The number of nitrogens with zero attached hydrogens (tertiary/aromatic N) is 2. The summed E-state index contributed by atoms with van der Waals surface area (Å²) >= 11 is 1.36. The summed E-state index contributed by atoms with van der Waals surface area (Å²) in [5, 5.41) is 12.0. The molecule has 0 unspecified atom stereocenters. The van der Waals surface area contributed by atoms with Gasteiger partial charge in [-0.25, -0.2) is 9.97 Å². The minimum atomic E-state index is -0.988. The standard InChI is InChI=1S/C13H17N3O3S/c1-20-13-15-6-9(14-7-10(17)18)11(16-13)12(19)8-4-2-3-5-8/h6,8,14H,2-5,7H2,1H3,(H,17,18). The average Bonchev–Trinajstić information content (AvgIpc) is 2.98. The molecular weight excluding hydrogens is 278 g/mol. The Hall–Kier alpha value is -1.63. The number of rotatable bonds is 6. The number of hydrogen-bond acceptors (Lipinski definition) is 6. The molecule has 1 aliphatic rings. The fraction of sp³-hybridized carbons (Fsp3) is 0.538. The minimum Gasteiger partial charge on any atom is -0.480 e. The fourth-order valence-electron chi connectivity index (χ4n) is 2.33. The summed E-state index contributed by atoms with van der Waals surface area (Å²) in [6.07, 6.45) is 7.22. The van der Waals surface area contributed by atoms with Crippen molar-refractivity contribution in [2.24, 2.45) is 5.92 Å². The van der Waals surface area contributed by atoms with E-state index in [-0.39, 0.29) is 18.2 Å². The number of hydrogen-bond donors (Lipinski definition) is 2. The molecule has 0 saturated heterocycles. The Kier molecular flexibility index (Phi) is 4.94. The zero-order chi connectivity index (χ0) is 14.5. The first-order valence-electron chi connectivity index (χ1n) is 6.52. The molecule has 1 aliphatic carbocycles. The fourth-order valence-corrected chi connectivity index (χ4v) is 2.67. The number of carboxylic acids is 1. The molecule has 108 valence electrons. The molecule has 0 aliphatic heterocycles. The van der Waals surface area contributed by atoms with Gasteiger partial charge in [0.05, 0.1) is 11.9 Å². The highest BCUT2D eigenvalue weighted by Crippen LogP contribution is 2.30. The second-order valence-electron chi connectivity index (χ2n) is 4.71. The number of anilines is 1. The Morgan fingerprint density at radius 3 is 2.75 bits per heavy atom. The third kappa shape index (κ3) is 3.47. The monoisotopic (exact) mass is 295 g/mol. The molecule has 1 aromatic heterocycles. The van der Waals surface area contributed by atoms with Crippen LogP contribution in [0, 0.1) is 5.92 Å². The zero-order valence-corrected chi connectivity index (χ0v) is 12.1. The molecule has 0 bridgehead atoms. The molecule has 1 heterocycles. The smallest absolute Gasteiger partial charge is 0.322 e. The molecule has 1 fully saturated rings. The number of carboxylic acid groups (broad SMARTS) is 1. The van der Waals surface area contributed by atoms with Crippen LogP contribution in [0.25, 0.3) is 0 Å². The minimum absolute atomic E-state index is 0.00461. The molecule has 0 aromatic carbocycles. The molecule has 0 spiro atoms. The van der Waals surface area contributed by atoms with Crippen molar-refractivity contribution >= 4 is 29.2 Å². The maximum atomic E-state index is 12.5. The van der Waals surface area contributed by atoms with Crippen LogP contribution in [-0.2, 0) is 4.79 Å². The van der Waals surface area contributed by atoms with Gasteiger partial charge in [0.15, 0.2) is 10.9 Å². The van der Waals surface area contributed by atoms with Gasteiger partial charge in [-0.2, -0.15) is 0 Å². The number of nitrogens with one attached hydrogen (secondary N) is 1. The van der Waals surface area contributed by atoms with Crippen molar-refractivity contribution in [2.75, 3.05) is 18.1 Å². The van der Waals surface area contributed by atoms with Gasteiger partial charge in [0, 0.05) is 5.92 Å². The second kappa shape index (κ2) is 6.69. The SMILES string of the molecule is CSc1ncc(NCC(=O)O)c(C(=O)C2CCCC2)n1. The van der Waals surface area contributed by atoms with Crippen LogP contribution in [0.5, 0.6) is 0 Å². The summed E-state index contributed by atoms with van der Waals surface area (Å²) in [6, 6.07) is 0. The van der Waals surface area contributed by atoms with Crippen LogP contribution in [0.1, 0.15) is 36.2 Å². The third-order valence-electron chi connectivity index (χ3n) is 3.34. The van der Waals surface area contributed by atoms with Crippen LogP contribution < -0.4 is 5.32 Å². The number of aromatic nitrogens is 2. The van der Waals surface area contributed by atoms with E-state index in [1.165, 1.54) is 18.0 Å². The normalized spacial score (nSPS) is 15.2. The maximum Gasteiger partial charge on any atom is 0.322 e. The van der Waals surface area contributed by atoms with Gasteiger partial charge in [-0.1, -0.05) is 24.6 Å². The first-order valence-corrected chi connectivity index (χ1v) is 7.75. The average molecular weight is 295 g/mol. The molecule has 2 N–H and O–H groups in total. The number of carbonyl (C=O) groups is 2. The van der Waals surface area contributed by atoms with Crippen LogP contribution in [0.2, 0.25) is 0 Å². The van der Waals surface area contributed by atoms with Crippen molar-refractivity contribution in [3.8, 4) is 0 Å². The van der Waals surface area contributed by atoms with Gasteiger partial charge >= 0.3 is 5.97 Å². The van der Waals surface area contributed by atoms with Crippen molar-refractivity contribution in [3.63, 3.8) is 0 Å². The van der Waals surface area contributed by atoms with Gasteiger partial charge in [0.25, 0.3) is 0 Å². The molecule has 6 nitrogen and oxygen atoms in total. The Morgan fingerprint density at radius 2 is 2.15 bits per heavy atom. The van der Waals surface area contributed by atoms with E-state index in [2.05, 4.69) is 15.3 Å². The van der Waals surface area contributed by atoms with Crippen molar-refractivity contribution in [3.05, 3.63) is 11.9 Å². The highest BCUT2D eigenvalue weighted by Gasteiger charge is 2.27. The maximum absolute atomic E-state index is 12.5. The van der Waals surface area contributed by atoms with Crippen molar-refractivity contribution in [1.82, 2.24) is 9.97 Å². The molecule has 1 saturated carbocycles. The van der Waals surface area contributed by atoms with Crippen molar-refractivity contribution in [1.29, 1.82) is 0 Å². The Balaban J connectivity index is 2.26. The molecule has 2 rings (SSSR count). The highest BCUT2D eigenvalue weighted by molar-refractivity contribution is 7.98. The van der Waals surface area contributed by atoms with Crippen LogP contribution in [-0.4, -0.2) is 39.6 Å². The summed E-state index contributed by atoms with van der Waals surface area (Å²) in [5.74, 6) is -0.990. The largest absolute Gasteiger partial charge is 0.480 e. The third-order valence-corrected chi connectivity index (χ3v) is 3.90. The van der Waals surface area contributed by atoms with Gasteiger partial charge in [0.2, 0.25) is 0 Å². The van der Waals surface area contributed by atoms with Crippen molar-refractivity contribution in [2.45, 2.75) is 30.8 Å². The Bertz CT molecular complexity index is 516. The number of Topliss-reactive ketones (excluding diaryl/α,β-unsaturated/α-hetero) is 1. The van der Waals surface area contributed by atoms with E-state index in [1.807, 2.05) is 6.26 Å². The van der Waals surface area contributed by atoms with Gasteiger partial charge in [0.1, 0.15) is 12.2 Å². The first-order chi connectivity index (χ1) is 9.61. The predicted octanol–water partition coefficient (Wildman–Crippen LogP) is 2.07. The molecule has 0 amide bonds. The molecule has 0 radical (unpaired) electrons. The molecule has 1 aromatic rings. The molecule has 7 heteroatoms. The lowest BCUT2D eigenvalue weighted by Gasteiger charge is -2.12. The Labute approximate surface area is 121 Å². The topological polar surface area (TPSA) is 92.2 Å². The van der Waals surface area contributed by atoms with Gasteiger partial charge < -0.3 is 10.4 Å². The zero-order valence-electron chi connectivity index (χ0n) is 11.3. The van der Waals surface area contributed by atoms with Gasteiger partial charge in [-0.15, -0.1) is 0 Å². The summed E-state index contributed by atoms with van der Waals surface area (Å²) in [5.41, 5.74) is 0.722. The van der Waals surface area contributed by atoms with Crippen LogP contribution in [0.3, 0.4) is 0 Å². The van der Waals surface area contributed by atoms with E-state index in [4.69, 9.17) is 5.11 Å². The molecule has 0 atom stereocenters. The van der Waals surface area contributed by atoms with E-state index >= 15 is 0 Å². The van der Waals surface area contributed by atoms with Crippen molar-refractivity contribution < 1.29 is 14.7 Å². The van der Waals surface area contributed by atoms with Crippen LogP contribution >= 0.6 is 11.8 Å². The lowest BCUT2D eigenvalue weighted by Crippen LogP contribution is -2.19. The van der Waals surface area contributed by atoms with E-state index in [1.54, 1.807) is 0 Å². The van der Waals surface area contributed by atoms with Gasteiger partial charge in [-0.3, -0.25) is 9.59 Å². The summed E-state index contributed by atoms with van der Waals surface area (Å²) in [6.45, 7) is -0.257.